The minimum atomic E-state index is 0.135. The van der Waals surface area contributed by atoms with Crippen LogP contribution in [0.4, 0.5) is 5.82 Å². The first-order valence-corrected chi connectivity index (χ1v) is 9.30. The Balaban J connectivity index is 2.21. The number of nitriles is 1. The number of nitrogens with two attached hydrogens (primary N) is 1. The zero-order chi connectivity index (χ0) is 21.7. The van der Waals surface area contributed by atoms with Crippen LogP contribution in [0.3, 0.4) is 0 Å². The summed E-state index contributed by atoms with van der Waals surface area (Å²) in [5.74, 6) is 2.45. The van der Waals surface area contributed by atoms with Gasteiger partial charge in [-0.2, -0.15) is 5.26 Å². The molecule has 2 aromatic carbocycles. The van der Waals surface area contributed by atoms with E-state index in [1.807, 2.05) is 37.3 Å². The predicted octanol–water partition coefficient (Wildman–Crippen LogP) is 4.29. The van der Waals surface area contributed by atoms with Gasteiger partial charge in [-0.25, -0.2) is 4.98 Å². The highest BCUT2D eigenvalue weighted by Crippen LogP contribution is 2.42. The molecule has 7 heteroatoms. The number of anilines is 1. The van der Waals surface area contributed by atoms with Crippen LogP contribution in [-0.2, 0) is 0 Å². The van der Waals surface area contributed by atoms with Crippen molar-refractivity contribution in [2.75, 3.05) is 33.7 Å². The Morgan fingerprint density at radius 2 is 1.53 bits per heavy atom. The van der Waals surface area contributed by atoms with Crippen LogP contribution in [0.15, 0.2) is 42.5 Å². The summed E-state index contributed by atoms with van der Waals surface area (Å²) in [6.07, 6.45) is 0. The lowest BCUT2D eigenvalue weighted by Gasteiger charge is -2.16. The van der Waals surface area contributed by atoms with Crippen molar-refractivity contribution >= 4 is 5.82 Å². The first-order valence-electron chi connectivity index (χ1n) is 9.30. The van der Waals surface area contributed by atoms with E-state index in [1.165, 1.54) is 0 Å². The monoisotopic (exact) mass is 405 g/mol. The number of pyridine rings is 1. The minimum absolute atomic E-state index is 0.135. The van der Waals surface area contributed by atoms with E-state index < -0.39 is 0 Å². The van der Waals surface area contributed by atoms with Crippen molar-refractivity contribution in [1.29, 1.82) is 5.26 Å². The van der Waals surface area contributed by atoms with Crippen molar-refractivity contribution in [1.82, 2.24) is 4.98 Å². The van der Waals surface area contributed by atoms with Crippen LogP contribution in [-0.4, -0.2) is 32.9 Å². The van der Waals surface area contributed by atoms with Gasteiger partial charge in [-0.3, -0.25) is 0 Å². The molecular formula is C23H23N3O4. The number of nitrogen functional groups attached to an aromatic ring is 1. The average Bonchev–Trinajstić information content (AvgIpc) is 2.78. The molecule has 0 radical (unpaired) electrons. The molecule has 0 saturated carbocycles. The molecular weight excluding hydrogens is 382 g/mol. The van der Waals surface area contributed by atoms with Crippen LogP contribution in [0, 0.1) is 11.3 Å². The van der Waals surface area contributed by atoms with Crippen LogP contribution >= 0.6 is 0 Å². The Bertz CT molecular complexity index is 1090. The van der Waals surface area contributed by atoms with Gasteiger partial charge < -0.3 is 24.7 Å². The summed E-state index contributed by atoms with van der Waals surface area (Å²) in [5, 5.41) is 9.73. The first kappa shape index (κ1) is 20.8. The van der Waals surface area contributed by atoms with Crippen molar-refractivity contribution in [3.8, 4) is 51.5 Å². The molecule has 3 aromatic rings. The molecule has 154 valence electrons. The summed E-state index contributed by atoms with van der Waals surface area (Å²) in [6, 6.07) is 15.0. The third-order valence-electron chi connectivity index (χ3n) is 4.62. The highest BCUT2D eigenvalue weighted by atomic mass is 16.5. The van der Waals surface area contributed by atoms with Gasteiger partial charge in [0.15, 0.2) is 11.5 Å². The number of hydrogen-bond donors (Lipinski definition) is 1. The molecule has 3 rings (SSSR count). The van der Waals surface area contributed by atoms with E-state index >= 15 is 0 Å². The molecule has 0 saturated heterocycles. The zero-order valence-electron chi connectivity index (χ0n) is 17.4. The van der Waals surface area contributed by atoms with E-state index in [9.17, 15) is 5.26 Å². The summed E-state index contributed by atoms with van der Waals surface area (Å²) in [5.41, 5.74) is 9.11. The zero-order valence-corrected chi connectivity index (χ0v) is 17.4. The van der Waals surface area contributed by atoms with Gasteiger partial charge in [-0.1, -0.05) is 0 Å². The van der Waals surface area contributed by atoms with Crippen LogP contribution in [0.2, 0.25) is 0 Å². The number of aromatic nitrogens is 1. The van der Waals surface area contributed by atoms with Crippen LogP contribution in [0.25, 0.3) is 22.4 Å². The lowest BCUT2D eigenvalue weighted by Crippen LogP contribution is -2.01. The molecule has 0 atom stereocenters. The Labute approximate surface area is 175 Å². The average molecular weight is 405 g/mol. The Morgan fingerprint density at radius 1 is 0.900 bits per heavy atom. The lowest BCUT2D eigenvalue weighted by molar-refractivity contribution is 0.340. The third-order valence-corrected chi connectivity index (χ3v) is 4.62. The van der Waals surface area contributed by atoms with Gasteiger partial charge in [-0.15, -0.1) is 0 Å². The van der Waals surface area contributed by atoms with Gasteiger partial charge in [0, 0.05) is 22.8 Å². The van der Waals surface area contributed by atoms with Gasteiger partial charge in [0.1, 0.15) is 28.9 Å². The largest absolute Gasteiger partial charge is 0.496 e. The van der Waals surface area contributed by atoms with Gasteiger partial charge in [0.25, 0.3) is 0 Å². The Morgan fingerprint density at radius 3 is 2.10 bits per heavy atom. The summed E-state index contributed by atoms with van der Waals surface area (Å²) >= 11 is 0. The van der Waals surface area contributed by atoms with Crippen molar-refractivity contribution < 1.29 is 18.9 Å². The number of hydrogen-bond acceptors (Lipinski definition) is 7. The van der Waals surface area contributed by atoms with Crippen molar-refractivity contribution in [3.05, 3.63) is 48.0 Å². The molecule has 2 N–H and O–H groups in total. The summed E-state index contributed by atoms with van der Waals surface area (Å²) in [6.45, 7) is 2.52. The van der Waals surface area contributed by atoms with Crippen LogP contribution < -0.4 is 24.7 Å². The summed E-state index contributed by atoms with van der Waals surface area (Å²) < 4.78 is 21.8. The highest BCUT2D eigenvalue weighted by Gasteiger charge is 2.19. The first-order chi connectivity index (χ1) is 14.6. The maximum atomic E-state index is 9.73. The maximum Gasteiger partial charge on any atom is 0.164 e. The van der Waals surface area contributed by atoms with Gasteiger partial charge >= 0.3 is 0 Å². The fourth-order valence-electron chi connectivity index (χ4n) is 3.17. The topological polar surface area (TPSA) is 99.6 Å². The molecule has 0 fully saturated rings. The third kappa shape index (κ3) is 3.94. The second kappa shape index (κ2) is 9.05. The normalized spacial score (nSPS) is 10.2. The number of rotatable bonds is 7. The van der Waals surface area contributed by atoms with Gasteiger partial charge in [-0.05, 0) is 43.3 Å². The second-order valence-electron chi connectivity index (χ2n) is 6.29. The van der Waals surface area contributed by atoms with E-state index in [2.05, 4.69) is 11.1 Å². The smallest absolute Gasteiger partial charge is 0.164 e. The Hall–Kier alpha value is -3.92. The predicted molar refractivity (Wildman–Crippen MR) is 115 cm³/mol. The van der Waals surface area contributed by atoms with E-state index in [4.69, 9.17) is 24.7 Å². The molecule has 1 heterocycles. The molecule has 0 aliphatic carbocycles. The quantitative estimate of drug-likeness (QED) is 0.626. The van der Waals surface area contributed by atoms with E-state index in [1.54, 1.807) is 33.5 Å². The van der Waals surface area contributed by atoms with Gasteiger partial charge in [0.2, 0.25) is 0 Å². The number of ether oxygens (including phenoxy) is 4. The van der Waals surface area contributed by atoms with Crippen LogP contribution in [0.1, 0.15) is 12.5 Å². The number of methoxy groups -OCH3 is 3. The standard InChI is InChI=1S/C23H23N3O4/c1-5-30-15-8-6-14(7-9-15)19-10-16(18(13-24)23(25)26-19)17-11-21(28-3)22(29-4)12-20(17)27-2/h6-12H,5H2,1-4H3,(H2,25,26). The lowest BCUT2D eigenvalue weighted by atomic mass is 9.97. The molecule has 0 aliphatic rings. The molecule has 7 nitrogen and oxygen atoms in total. The summed E-state index contributed by atoms with van der Waals surface area (Å²) in [7, 11) is 4.65. The summed E-state index contributed by atoms with van der Waals surface area (Å²) in [4.78, 5) is 4.43. The second-order valence-corrected chi connectivity index (χ2v) is 6.29. The minimum Gasteiger partial charge on any atom is -0.496 e. The SMILES string of the molecule is CCOc1ccc(-c2cc(-c3cc(OC)c(OC)cc3OC)c(C#N)c(N)n2)cc1. The maximum absolute atomic E-state index is 9.73. The fraction of sp³-hybridized carbons (Fsp3) is 0.217. The van der Waals surface area contributed by atoms with E-state index in [0.29, 0.717) is 40.7 Å². The van der Waals surface area contributed by atoms with Gasteiger partial charge in [0.05, 0.1) is 33.6 Å². The van der Waals surface area contributed by atoms with Crippen LogP contribution in [0.5, 0.6) is 23.0 Å². The van der Waals surface area contributed by atoms with Crippen molar-refractivity contribution in [2.24, 2.45) is 0 Å². The number of nitrogens with zero attached hydrogens (tertiary/aromatic N) is 2. The van der Waals surface area contributed by atoms with E-state index in [0.717, 1.165) is 11.3 Å². The molecule has 0 bridgehead atoms. The molecule has 0 spiro atoms. The molecule has 0 unspecified atom stereocenters. The fourth-order valence-corrected chi connectivity index (χ4v) is 3.17. The molecule has 30 heavy (non-hydrogen) atoms. The number of benzene rings is 2. The molecule has 0 aliphatic heterocycles. The Kier molecular flexibility index (Phi) is 6.28. The van der Waals surface area contributed by atoms with E-state index in [-0.39, 0.29) is 11.4 Å². The van der Waals surface area contributed by atoms with Crippen molar-refractivity contribution in [2.45, 2.75) is 6.92 Å². The molecule has 0 amide bonds. The van der Waals surface area contributed by atoms with Crippen molar-refractivity contribution in [3.63, 3.8) is 0 Å². The highest BCUT2D eigenvalue weighted by molar-refractivity contribution is 5.84. The molecule has 1 aromatic heterocycles.